The van der Waals surface area contributed by atoms with Gasteiger partial charge in [-0.2, -0.15) is 0 Å². The zero-order chi connectivity index (χ0) is 27.4. The normalized spacial score (nSPS) is 18.4. The molecule has 2 N–H and O–H groups in total. The lowest BCUT2D eigenvalue weighted by Crippen LogP contribution is -2.38. The summed E-state index contributed by atoms with van der Waals surface area (Å²) in [6, 6.07) is 27.0. The summed E-state index contributed by atoms with van der Waals surface area (Å²) in [5, 5.41) is 6.11. The van der Waals surface area contributed by atoms with E-state index in [9.17, 15) is 9.59 Å². The first-order valence-electron chi connectivity index (χ1n) is 13.9. The molecule has 0 unspecified atom stereocenters. The highest BCUT2D eigenvalue weighted by Gasteiger charge is 2.41. The Kier molecular flexibility index (Phi) is 7.92. The van der Waals surface area contributed by atoms with E-state index in [0.717, 1.165) is 25.7 Å². The second-order valence-corrected chi connectivity index (χ2v) is 11.7. The number of aryl methyl sites for hydroxylation is 1. The fourth-order valence-electron chi connectivity index (χ4n) is 5.55. The Labute approximate surface area is 231 Å². The van der Waals surface area contributed by atoms with E-state index in [-0.39, 0.29) is 30.7 Å². The molecule has 39 heavy (non-hydrogen) atoms. The van der Waals surface area contributed by atoms with E-state index in [2.05, 4.69) is 47.0 Å². The number of carbonyl (C=O) groups excluding carboxylic acids is 2. The smallest absolute Gasteiger partial charge is 0.407 e. The van der Waals surface area contributed by atoms with Crippen LogP contribution in [0.25, 0.3) is 11.1 Å². The summed E-state index contributed by atoms with van der Waals surface area (Å²) in [4.78, 5) is 25.2. The lowest BCUT2D eigenvalue weighted by atomic mass is 9.98. The average molecular weight is 527 g/mol. The molecule has 3 atom stereocenters. The predicted molar refractivity (Wildman–Crippen MR) is 153 cm³/mol. The summed E-state index contributed by atoms with van der Waals surface area (Å²) in [5.41, 5.74) is 5.51. The van der Waals surface area contributed by atoms with Gasteiger partial charge in [0, 0.05) is 18.0 Å². The van der Waals surface area contributed by atoms with Crippen LogP contribution in [0.4, 0.5) is 9.59 Å². The van der Waals surface area contributed by atoms with E-state index < -0.39 is 11.7 Å². The Morgan fingerprint density at radius 3 is 2.13 bits per heavy atom. The highest BCUT2D eigenvalue weighted by molar-refractivity contribution is 5.79. The molecule has 3 aromatic carbocycles. The van der Waals surface area contributed by atoms with Crippen LogP contribution in [0, 0.1) is 5.92 Å². The number of ether oxygens (including phenoxy) is 2. The molecule has 6 nitrogen and oxygen atoms in total. The van der Waals surface area contributed by atoms with Gasteiger partial charge in [-0.3, -0.25) is 0 Å². The summed E-state index contributed by atoms with van der Waals surface area (Å²) < 4.78 is 11.2. The number of alkyl carbamates (subject to hydrolysis) is 2. The van der Waals surface area contributed by atoms with Gasteiger partial charge in [0.15, 0.2) is 0 Å². The Morgan fingerprint density at radius 2 is 1.49 bits per heavy atom. The molecule has 0 bridgehead atoms. The molecule has 0 radical (unpaired) electrons. The van der Waals surface area contributed by atoms with E-state index in [4.69, 9.17) is 9.47 Å². The maximum absolute atomic E-state index is 13.0. The first kappa shape index (κ1) is 26.8. The van der Waals surface area contributed by atoms with Crippen LogP contribution in [0.15, 0.2) is 78.9 Å². The molecule has 2 aliphatic rings. The maximum atomic E-state index is 13.0. The van der Waals surface area contributed by atoms with Gasteiger partial charge in [-0.05, 0) is 80.2 Å². The number of fused-ring (bicyclic) bond motifs is 3. The molecule has 204 valence electrons. The van der Waals surface area contributed by atoms with Gasteiger partial charge in [-0.25, -0.2) is 9.59 Å². The third kappa shape index (κ3) is 6.99. The predicted octanol–water partition coefficient (Wildman–Crippen LogP) is 6.83. The fraction of sp³-hybridized carbons (Fsp3) is 0.394. The highest BCUT2D eigenvalue weighted by atomic mass is 16.6. The SMILES string of the molecule is CC(C)(C)OC(=O)N[C@H]1C[C@H]1C[C@@H](CCc1ccccc1)NC(=O)OCC1c2ccccc2-c2ccccc21. The minimum absolute atomic E-state index is 0.0248. The minimum Gasteiger partial charge on any atom is -0.449 e. The zero-order valence-corrected chi connectivity index (χ0v) is 23.0. The molecule has 5 rings (SSSR count). The van der Waals surface area contributed by atoms with Crippen molar-refractivity contribution in [2.24, 2.45) is 5.92 Å². The van der Waals surface area contributed by atoms with Crippen molar-refractivity contribution in [3.8, 4) is 11.1 Å². The fourth-order valence-corrected chi connectivity index (χ4v) is 5.55. The number of benzene rings is 3. The molecule has 2 amide bonds. The van der Waals surface area contributed by atoms with Crippen LogP contribution >= 0.6 is 0 Å². The van der Waals surface area contributed by atoms with Crippen molar-refractivity contribution in [2.75, 3.05) is 6.61 Å². The summed E-state index contributed by atoms with van der Waals surface area (Å²) >= 11 is 0. The van der Waals surface area contributed by atoms with E-state index >= 15 is 0 Å². The molecule has 3 aromatic rings. The Morgan fingerprint density at radius 1 is 0.872 bits per heavy atom. The van der Waals surface area contributed by atoms with Crippen LogP contribution in [-0.2, 0) is 15.9 Å². The van der Waals surface area contributed by atoms with Gasteiger partial charge in [0.2, 0.25) is 0 Å². The van der Waals surface area contributed by atoms with E-state index in [0.29, 0.717) is 5.92 Å². The first-order valence-corrected chi connectivity index (χ1v) is 13.9. The van der Waals surface area contributed by atoms with Crippen molar-refractivity contribution < 1.29 is 19.1 Å². The third-order valence-corrected chi connectivity index (χ3v) is 7.50. The number of hydrogen-bond acceptors (Lipinski definition) is 4. The average Bonchev–Trinajstić information content (AvgIpc) is 3.54. The van der Waals surface area contributed by atoms with Crippen LogP contribution < -0.4 is 10.6 Å². The van der Waals surface area contributed by atoms with Gasteiger partial charge >= 0.3 is 12.2 Å². The van der Waals surface area contributed by atoms with E-state index in [1.807, 2.05) is 63.2 Å². The third-order valence-electron chi connectivity index (χ3n) is 7.50. The molecule has 0 aromatic heterocycles. The molecule has 0 heterocycles. The van der Waals surface area contributed by atoms with Gasteiger partial charge in [0.05, 0.1) is 0 Å². The van der Waals surface area contributed by atoms with Crippen molar-refractivity contribution in [3.63, 3.8) is 0 Å². The molecular weight excluding hydrogens is 488 g/mol. The standard InChI is InChI=1S/C33H38N2O4/c1-33(2,3)39-32(37)35-30-20-23(30)19-24(18-17-22-11-5-4-6-12-22)34-31(36)38-21-29-27-15-9-7-13-25(27)26-14-8-10-16-28(26)29/h4-16,23-24,29-30H,17-21H2,1-3H3,(H,34,36)(H,35,37)/t23-,24-,30+/m1/s1. The van der Waals surface area contributed by atoms with Crippen LogP contribution in [0.2, 0.25) is 0 Å². The monoisotopic (exact) mass is 526 g/mol. The number of amides is 2. The quantitative estimate of drug-likeness (QED) is 0.320. The van der Waals surface area contributed by atoms with Crippen molar-refractivity contribution in [1.29, 1.82) is 0 Å². The van der Waals surface area contributed by atoms with Crippen LogP contribution in [0.3, 0.4) is 0 Å². The Hall–Kier alpha value is -3.80. The molecule has 0 saturated heterocycles. The first-order chi connectivity index (χ1) is 18.8. The summed E-state index contributed by atoms with van der Waals surface area (Å²) in [6.45, 7) is 5.86. The molecule has 1 saturated carbocycles. The van der Waals surface area contributed by atoms with Crippen LogP contribution in [-0.4, -0.2) is 36.5 Å². The molecule has 1 fully saturated rings. The molecule has 0 spiro atoms. The maximum Gasteiger partial charge on any atom is 0.407 e. The summed E-state index contributed by atoms with van der Waals surface area (Å²) in [6.07, 6.45) is 2.52. The number of rotatable bonds is 9. The number of hydrogen-bond donors (Lipinski definition) is 2. The summed E-state index contributed by atoms with van der Waals surface area (Å²) in [5.74, 6) is 0.323. The lowest BCUT2D eigenvalue weighted by Gasteiger charge is -2.21. The van der Waals surface area contributed by atoms with Crippen LogP contribution in [0.1, 0.15) is 62.6 Å². The largest absolute Gasteiger partial charge is 0.449 e. The van der Waals surface area contributed by atoms with E-state index in [1.54, 1.807) is 0 Å². The molecule has 6 heteroatoms. The second kappa shape index (κ2) is 11.5. The van der Waals surface area contributed by atoms with Crippen molar-refractivity contribution in [2.45, 2.75) is 70.1 Å². The van der Waals surface area contributed by atoms with Gasteiger partial charge in [0.25, 0.3) is 0 Å². The van der Waals surface area contributed by atoms with Crippen molar-refractivity contribution >= 4 is 12.2 Å². The topological polar surface area (TPSA) is 76.7 Å². The lowest BCUT2D eigenvalue weighted by molar-refractivity contribution is 0.0520. The minimum atomic E-state index is -0.529. The van der Waals surface area contributed by atoms with Gasteiger partial charge in [0.1, 0.15) is 12.2 Å². The Balaban J connectivity index is 1.19. The number of carbonyl (C=O) groups is 2. The number of nitrogens with one attached hydrogen (secondary N) is 2. The zero-order valence-electron chi connectivity index (χ0n) is 23.0. The second-order valence-electron chi connectivity index (χ2n) is 11.7. The molecular formula is C33H38N2O4. The van der Waals surface area contributed by atoms with E-state index in [1.165, 1.54) is 27.8 Å². The summed E-state index contributed by atoms with van der Waals surface area (Å²) in [7, 11) is 0. The van der Waals surface area contributed by atoms with Gasteiger partial charge < -0.3 is 20.1 Å². The van der Waals surface area contributed by atoms with Gasteiger partial charge in [-0.15, -0.1) is 0 Å². The van der Waals surface area contributed by atoms with Crippen LogP contribution in [0.5, 0.6) is 0 Å². The molecule has 0 aliphatic heterocycles. The molecule has 2 aliphatic carbocycles. The Bertz CT molecular complexity index is 1250. The van der Waals surface area contributed by atoms with Crippen molar-refractivity contribution in [1.82, 2.24) is 10.6 Å². The highest BCUT2D eigenvalue weighted by Crippen LogP contribution is 2.44. The van der Waals surface area contributed by atoms with Crippen molar-refractivity contribution in [3.05, 3.63) is 95.6 Å². The van der Waals surface area contributed by atoms with Gasteiger partial charge in [-0.1, -0.05) is 78.9 Å².